The van der Waals surface area contributed by atoms with Crippen LogP contribution in [-0.4, -0.2) is 4.98 Å². The molecule has 0 N–H and O–H groups in total. The van der Waals surface area contributed by atoms with Gasteiger partial charge in [0.25, 0.3) is 0 Å². The number of nitrogens with zero attached hydrogens (tertiary/aromatic N) is 1. The fraction of sp³-hybridized carbons (Fsp3) is 0.364. The highest BCUT2D eigenvalue weighted by atomic mass is 14.7. The van der Waals surface area contributed by atoms with E-state index in [1.165, 1.54) is 16.8 Å². The summed E-state index contributed by atoms with van der Waals surface area (Å²) in [7, 11) is 0. The van der Waals surface area contributed by atoms with E-state index in [1.54, 1.807) is 0 Å². The van der Waals surface area contributed by atoms with Crippen molar-refractivity contribution < 1.29 is 0 Å². The lowest BCUT2D eigenvalue weighted by Gasteiger charge is -2.08. The van der Waals surface area contributed by atoms with Gasteiger partial charge in [-0.05, 0) is 29.5 Å². The van der Waals surface area contributed by atoms with Crippen molar-refractivity contribution in [2.45, 2.75) is 26.2 Å². The van der Waals surface area contributed by atoms with Gasteiger partial charge in [-0.25, -0.2) is 0 Å². The highest BCUT2D eigenvalue weighted by molar-refractivity contribution is 5.62. The number of fused-ring (bicyclic) bond motifs is 1. The summed E-state index contributed by atoms with van der Waals surface area (Å²) in [6.45, 7) is 4.38. The number of hydrogen-bond acceptors (Lipinski definition) is 1. The molecule has 1 aromatic heterocycles. The van der Waals surface area contributed by atoms with Gasteiger partial charge < -0.3 is 0 Å². The second-order valence-electron chi connectivity index (χ2n) is 3.53. The van der Waals surface area contributed by atoms with Crippen molar-refractivity contribution in [1.82, 2.24) is 4.98 Å². The molecule has 1 aliphatic rings. The molecule has 1 heteroatoms. The lowest BCUT2D eigenvalue weighted by Crippen LogP contribution is -1.97. The maximum absolute atomic E-state index is 4.40. The fourth-order valence-electron chi connectivity index (χ4n) is 1.67. The molecular weight excluding hydrogens is 146 g/mol. The Morgan fingerprint density at radius 3 is 3.00 bits per heavy atom. The predicted molar refractivity (Wildman–Crippen MR) is 51.1 cm³/mol. The van der Waals surface area contributed by atoms with E-state index in [2.05, 4.69) is 37.0 Å². The second-order valence-corrected chi connectivity index (χ2v) is 3.53. The molecule has 12 heavy (non-hydrogen) atoms. The predicted octanol–water partition coefficient (Wildman–Crippen LogP) is 2.77. The summed E-state index contributed by atoms with van der Waals surface area (Å²) in [5, 5.41) is 0. The van der Waals surface area contributed by atoms with Crippen LogP contribution in [0, 0.1) is 0 Å². The van der Waals surface area contributed by atoms with E-state index in [0.29, 0.717) is 5.92 Å². The molecule has 0 aliphatic heterocycles. The third kappa shape index (κ3) is 1.06. The Labute approximate surface area is 73.1 Å². The van der Waals surface area contributed by atoms with Crippen molar-refractivity contribution in [3.05, 3.63) is 35.2 Å². The summed E-state index contributed by atoms with van der Waals surface area (Å²) in [5.41, 5.74) is 4.02. The van der Waals surface area contributed by atoms with E-state index in [4.69, 9.17) is 0 Å². The molecule has 0 aromatic carbocycles. The quantitative estimate of drug-likeness (QED) is 0.614. The van der Waals surface area contributed by atoms with Crippen molar-refractivity contribution >= 4 is 6.08 Å². The Balaban J connectivity index is 2.56. The molecule has 0 radical (unpaired) electrons. The van der Waals surface area contributed by atoms with E-state index in [-0.39, 0.29) is 0 Å². The summed E-state index contributed by atoms with van der Waals surface area (Å²) in [6, 6.07) is 2.11. The molecule has 0 saturated carbocycles. The van der Waals surface area contributed by atoms with Crippen LogP contribution in [0.1, 0.15) is 36.6 Å². The van der Waals surface area contributed by atoms with Gasteiger partial charge in [-0.2, -0.15) is 0 Å². The van der Waals surface area contributed by atoms with Gasteiger partial charge in [0, 0.05) is 6.20 Å². The van der Waals surface area contributed by atoms with Crippen molar-refractivity contribution in [2.75, 3.05) is 0 Å². The average molecular weight is 159 g/mol. The molecule has 0 saturated heterocycles. The number of aromatic nitrogens is 1. The topological polar surface area (TPSA) is 12.9 Å². The SMILES string of the molecule is CC(C)c1nccc2c1C=CC2. The number of rotatable bonds is 1. The zero-order valence-electron chi connectivity index (χ0n) is 7.54. The van der Waals surface area contributed by atoms with Crippen LogP contribution in [0.3, 0.4) is 0 Å². The fourth-order valence-corrected chi connectivity index (χ4v) is 1.67. The van der Waals surface area contributed by atoms with Crippen LogP contribution in [0.4, 0.5) is 0 Å². The zero-order valence-corrected chi connectivity index (χ0v) is 7.54. The van der Waals surface area contributed by atoms with Gasteiger partial charge in [0.2, 0.25) is 0 Å². The van der Waals surface area contributed by atoms with Crippen LogP contribution < -0.4 is 0 Å². The molecule has 1 aromatic rings. The first-order chi connectivity index (χ1) is 5.79. The summed E-state index contributed by atoms with van der Waals surface area (Å²) in [5.74, 6) is 0.530. The van der Waals surface area contributed by atoms with Crippen LogP contribution in [0.5, 0.6) is 0 Å². The monoisotopic (exact) mass is 159 g/mol. The zero-order chi connectivity index (χ0) is 8.55. The summed E-state index contributed by atoms with van der Waals surface area (Å²) in [4.78, 5) is 4.40. The number of pyridine rings is 1. The lowest BCUT2D eigenvalue weighted by molar-refractivity contribution is 0.817. The molecule has 62 valence electrons. The van der Waals surface area contributed by atoms with Gasteiger partial charge >= 0.3 is 0 Å². The van der Waals surface area contributed by atoms with Gasteiger partial charge in [0.05, 0.1) is 5.69 Å². The molecule has 1 heterocycles. The molecule has 0 bridgehead atoms. The maximum atomic E-state index is 4.40. The van der Waals surface area contributed by atoms with Crippen LogP contribution >= 0.6 is 0 Å². The third-order valence-electron chi connectivity index (χ3n) is 2.28. The van der Waals surface area contributed by atoms with E-state index >= 15 is 0 Å². The molecule has 2 rings (SSSR count). The number of allylic oxidation sites excluding steroid dienone is 1. The van der Waals surface area contributed by atoms with E-state index in [9.17, 15) is 0 Å². The molecule has 1 aliphatic carbocycles. The Morgan fingerprint density at radius 1 is 1.42 bits per heavy atom. The van der Waals surface area contributed by atoms with Gasteiger partial charge in [-0.3, -0.25) is 4.98 Å². The number of hydrogen-bond donors (Lipinski definition) is 0. The van der Waals surface area contributed by atoms with Gasteiger partial charge in [-0.15, -0.1) is 0 Å². The minimum atomic E-state index is 0.530. The molecule has 0 amide bonds. The third-order valence-corrected chi connectivity index (χ3v) is 2.28. The van der Waals surface area contributed by atoms with Crippen molar-refractivity contribution in [2.24, 2.45) is 0 Å². The first-order valence-corrected chi connectivity index (χ1v) is 4.43. The molecule has 0 fully saturated rings. The van der Waals surface area contributed by atoms with Gasteiger partial charge in [0.15, 0.2) is 0 Å². The summed E-state index contributed by atoms with van der Waals surface area (Å²) in [6.07, 6.45) is 7.40. The first-order valence-electron chi connectivity index (χ1n) is 4.43. The Kier molecular flexibility index (Phi) is 1.72. The Bertz CT molecular complexity index is 324. The van der Waals surface area contributed by atoms with Crippen molar-refractivity contribution in [3.8, 4) is 0 Å². The molecule has 0 atom stereocenters. The largest absolute Gasteiger partial charge is 0.260 e. The molecule has 0 unspecified atom stereocenters. The van der Waals surface area contributed by atoms with E-state index in [1.807, 2.05) is 6.20 Å². The highest BCUT2D eigenvalue weighted by Gasteiger charge is 2.12. The smallest absolute Gasteiger partial charge is 0.0503 e. The molecular formula is C11H13N. The first kappa shape index (κ1) is 7.53. The summed E-state index contributed by atoms with van der Waals surface area (Å²) < 4.78 is 0. The van der Waals surface area contributed by atoms with Crippen LogP contribution in [0.15, 0.2) is 18.3 Å². The second kappa shape index (κ2) is 2.74. The van der Waals surface area contributed by atoms with Crippen molar-refractivity contribution in [1.29, 1.82) is 0 Å². The summed E-state index contributed by atoms with van der Waals surface area (Å²) >= 11 is 0. The van der Waals surface area contributed by atoms with Crippen LogP contribution in [0.2, 0.25) is 0 Å². The average Bonchev–Trinajstić information content (AvgIpc) is 2.49. The Morgan fingerprint density at radius 2 is 2.25 bits per heavy atom. The van der Waals surface area contributed by atoms with Gasteiger partial charge in [0.1, 0.15) is 0 Å². The van der Waals surface area contributed by atoms with Crippen LogP contribution in [-0.2, 0) is 6.42 Å². The van der Waals surface area contributed by atoms with E-state index < -0.39 is 0 Å². The molecule has 0 spiro atoms. The Hall–Kier alpha value is -1.11. The van der Waals surface area contributed by atoms with E-state index in [0.717, 1.165) is 6.42 Å². The standard InChI is InChI=1S/C11H13N/c1-8(2)11-10-5-3-4-9(10)6-7-12-11/h3,5-8H,4H2,1-2H3. The normalized spacial score (nSPS) is 13.9. The molecule has 1 nitrogen and oxygen atoms in total. The lowest BCUT2D eigenvalue weighted by atomic mass is 10.0. The van der Waals surface area contributed by atoms with Gasteiger partial charge in [-0.1, -0.05) is 26.0 Å². The highest BCUT2D eigenvalue weighted by Crippen LogP contribution is 2.25. The minimum Gasteiger partial charge on any atom is -0.260 e. The minimum absolute atomic E-state index is 0.530. The maximum Gasteiger partial charge on any atom is 0.0503 e. The van der Waals surface area contributed by atoms with Crippen molar-refractivity contribution in [3.63, 3.8) is 0 Å². The van der Waals surface area contributed by atoms with Crippen LogP contribution in [0.25, 0.3) is 6.08 Å².